The molecule has 1 aromatic heterocycles. The van der Waals surface area contributed by atoms with Crippen molar-refractivity contribution in [3.05, 3.63) is 63.5 Å². The van der Waals surface area contributed by atoms with Crippen LogP contribution in [0.1, 0.15) is 35.3 Å². The Bertz CT molecular complexity index is 1240. The van der Waals surface area contributed by atoms with Crippen LogP contribution in [0.25, 0.3) is 11.3 Å². The Labute approximate surface area is 191 Å². The van der Waals surface area contributed by atoms with Crippen LogP contribution in [-0.4, -0.2) is 36.7 Å². The number of carbonyl (C=O) groups is 1. The quantitative estimate of drug-likeness (QED) is 0.518. The molecule has 3 aromatic rings. The summed E-state index contributed by atoms with van der Waals surface area (Å²) in [5.41, 5.74) is 4.14. The molecule has 0 aliphatic rings. The van der Waals surface area contributed by atoms with Gasteiger partial charge >= 0.3 is 0 Å². The molecule has 1 amide bonds. The molecule has 31 heavy (non-hydrogen) atoms. The minimum absolute atomic E-state index is 0.00760. The van der Waals surface area contributed by atoms with Crippen molar-refractivity contribution in [3.8, 4) is 11.3 Å². The number of rotatable bonds is 6. The highest BCUT2D eigenvalue weighted by Crippen LogP contribution is 2.28. The van der Waals surface area contributed by atoms with Crippen molar-refractivity contribution in [1.29, 1.82) is 0 Å². The zero-order chi connectivity index (χ0) is 22.9. The van der Waals surface area contributed by atoms with Gasteiger partial charge in [0.25, 0.3) is 5.91 Å². The molecule has 1 N–H and O–H groups in total. The number of thiazole rings is 1. The number of carbonyl (C=O) groups excluding carboxylic acids is 1. The summed E-state index contributed by atoms with van der Waals surface area (Å²) in [6, 6.07) is 9.95. The molecule has 0 aliphatic heterocycles. The van der Waals surface area contributed by atoms with Crippen molar-refractivity contribution >= 4 is 44.0 Å². The van der Waals surface area contributed by atoms with Crippen LogP contribution in [0.3, 0.4) is 0 Å². The molecule has 0 saturated heterocycles. The van der Waals surface area contributed by atoms with Crippen molar-refractivity contribution < 1.29 is 13.2 Å². The van der Waals surface area contributed by atoms with Gasteiger partial charge in [-0.2, -0.15) is 4.31 Å². The van der Waals surface area contributed by atoms with Crippen LogP contribution >= 0.6 is 22.9 Å². The highest BCUT2D eigenvalue weighted by Gasteiger charge is 2.25. The second kappa shape index (κ2) is 9.08. The van der Waals surface area contributed by atoms with Crippen LogP contribution in [-0.2, 0) is 10.0 Å². The van der Waals surface area contributed by atoms with E-state index in [2.05, 4.69) is 10.3 Å². The van der Waals surface area contributed by atoms with Crippen molar-refractivity contribution in [2.24, 2.45) is 0 Å². The second-order valence-corrected chi connectivity index (χ2v) is 10.8. The predicted octanol–water partition coefficient (Wildman–Crippen LogP) is 5.36. The summed E-state index contributed by atoms with van der Waals surface area (Å²) in [5, 5.41) is 5.15. The molecule has 0 unspecified atom stereocenters. The summed E-state index contributed by atoms with van der Waals surface area (Å²) in [6.45, 7) is 7.63. The van der Waals surface area contributed by atoms with Gasteiger partial charge in [-0.15, -0.1) is 11.3 Å². The van der Waals surface area contributed by atoms with Gasteiger partial charge in [0.1, 0.15) is 0 Å². The van der Waals surface area contributed by atoms with Gasteiger partial charge < -0.3 is 0 Å². The molecular formula is C22H24ClN3O3S2. The Balaban J connectivity index is 1.86. The van der Waals surface area contributed by atoms with Gasteiger partial charge in [0, 0.05) is 24.0 Å². The van der Waals surface area contributed by atoms with E-state index >= 15 is 0 Å². The van der Waals surface area contributed by atoms with Crippen LogP contribution in [0.5, 0.6) is 0 Å². The number of aryl methyl sites for hydroxylation is 2. The Morgan fingerprint density at radius 3 is 2.48 bits per heavy atom. The molecular weight excluding hydrogens is 454 g/mol. The maximum atomic E-state index is 12.8. The number of amides is 1. The number of halogens is 1. The number of sulfonamides is 1. The average Bonchev–Trinajstić information content (AvgIpc) is 3.17. The van der Waals surface area contributed by atoms with E-state index in [9.17, 15) is 13.2 Å². The fourth-order valence-electron chi connectivity index (χ4n) is 2.81. The largest absolute Gasteiger partial charge is 0.298 e. The van der Waals surface area contributed by atoms with Gasteiger partial charge in [-0.05, 0) is 63.1 Å². The van der Waals surface area contributed by atoms with Crippen molar-refractivity contribution in [1.82, 2.24) is 9.29 Å². The lowest BCUT2D eigenvalue weighted by Crippen LogP contribution is -2.33. The highest BCUT2D eigenvalue weighted by molar-refractivity contribution is 7.89. The van der Waals surface area contributed by atoms with E-state index in [1.165, 1.54) is 46.5 Å². The second-order valence-electron chi connectivity index (χ2n) is 7.55. The molecule has 0 spiro atoms. The maximum absolute atomic E-state index is 12.8. The van der Waals surface area contributed by atoms with Crippen LogP contribution in [0, 0.1) is 13.8 Å². The van der Waals surface area contributed by atoms with Crippen molar-refractivity contribution in [3.63, 3.8) is 0 Å². The molecule has 0 aliphatic carbocycles. The molecule has 1 heterocycles. The third-order valence-corrected chi connectivity index (χ3v) is 8.23. The van der Waals surface area contributed by atoms with Crippen LogP contribution in [0.2, 0.25) is 5.02 Å². The first-order valence-corrected chi connectivity index (χ1v) is 12.3. The van der Waals surface area contributed by atoms with Gasteiger partial charge in [0.05, 0.1) is 21.2 Å². The van der Waals surface area contributed by atoms with Gasteiger partial charge in [0.15, 0.2) is 5.13 Å². The van der Waals surface area contributed by atoms with E-state index in [4.69, 9.17) is 11.6 Å². The van der Waals surface area contributed by atoms with E-state index in [1.807, 2.05) is 37.4 Å². The minimum Gasteiger partial charge on any atom is -0.298 e. The third-order valence-electron chi connectivity index (χ3n) is 5.11. The highest BCUT2D eigenvalue weighted by atomic mass is 35.5. The molecule has 2 aromatic carbocycles. The summed E-state index contributed by atoms with van der Waals surface area (Å²) in [4.78, 5) is 17.3. The number of hydrogen-bond acceptors (Lipinski definition) is 5. The predicted molar refractivity (Wildman–Crippen MR) is 127 cm³/mol. The fourth-order valence-corrected chi connectivity index (χ4v) is 5.12. The fraction of sp³-hybridized carbons (Fsp3) is 0.273. The lowest BCUT2D eigenvalue weighted by molar-refractivity contribution is 0.102. The maximum Gasteiger partial charge on any atom is 0.259 e. The lowest BCUT2D eigenvalue weighted by atomic mass is 10.1. The molecule has 0 radical (unpaired) electrons. The first-order valence-electron chi connectivity index (χ1n) is 9.63. The Hall–Kier alpha value is -2.26. The van der Waals surface area contributed by atoms with Gasteiger partial charge in [0.2, 0.25) is 10.0 Å². The molecule has 6 nitrogen and oxygen atoms in total. The lowest BCUT2D eigenvalue weighted by Gasteiger charge is -2.21. The number of nitrogens with zero attached hydrogens (tertiary/aromatic N) is 2. The van der Waals surface area contributed by atoms with E-state index in [1.54, 1.807) is 13.8 Å². The normalized spacial score (nSPS) is 11.9. The summed E-state index contributed by atoms with van der Waals surface area (Å²) in [7, 11) is -2.24. The summed E-state index contributed by atoms with van der Waals surface area (Å²) < 4.78 is 26.8. The van der Waals surface area contributed by atoms with Crippen molar-refractivity contribution in [2.75, 3.05) is 12.4 Å². The zero-order valence-electron chi connectivity index (χ0n) is 17.9. The van der Waals surface area contributed by atoms with Crippen LogP contribution < -0.4 is 5.32 Å². The molecule has 3 rings (SSSR count). The number of nitrogens with one attached hydrogen (secondary N) is 1. The minimum atomic E-state index is -3.74. The Kier molecular flexibility index (Phi) is 6.85. The smallest absolute Gasteiger partial charge is 0.259 e. The van der Waals surface area contributed by atoms with Gasteiger partial charge in [-0.1, -0.05) is 23.7 Å². The van der Waals surface area contributed by atoms with E-state index in [0.717, 1.165) is 16.8 Å². The topological polar surface area (TPSA) is 79.4 Å². The number of benzene rings is 2. The Morgan fingerprint density at radius 2 is 1.84 bits per heavy atom. The molecule has 0 bridgehead atoms. The van der Waals surface area contributed by atoms with Crippen molar-refractivity contribution in [2.45, 2.75) is 38.6 Å². The molecule has 164 valence electrons. The van der Waals surface area contributed by atoms with Gasteiger partial charge in [-0.3, -0.25) is 10.1 Å². The van der Waals surface area contributed by atoms with E-state index in [-0.39, 0.29) is 21.5 Å². The first-order chi connectivity index (χ1) is 14.5. The van der Waals surface area contributed by atoms with Gasteiger partial charge in [-0.25, -0.2) is 13.4 Å². The molecule has 0 atom stereocenters. The van der Waals surface area contributed by atoms with E-state index < -0.39 is 15.9 Å². The first kappa shape index (κ1) is 23.4. The number of anilines is 1. The molecule has 9 heteroatoms. The standard InChI is InChI=1S/C22H24ClN3O3S2/c1-13(2)26(5)31(28,29)17-8-9-19(23)18(11-17)21(27)25-22-24-20(12-30-22)16-7-6-14(3)15(4)10-16/h6-13H,1-5H3,(H,24,25,27). The number of aromatic nitrogens is 1. The zero-order valence-corrected chi connectivity index (χ0v) is 20.3. The third kappa shape index (κ3) is 4.98. The average molecular weight is 478 g/mol. The SMILES string of the molecule is Cc1ccc(-c2csc(NC(=O)c3cc(S(=O)(=O)N(C)C(C)C)ccc3Cl)n2)cc1C. The number of hydrogen-bond donors (Lipinski definition) is 1. The summed E-state index contributed by atoms with van der Waals surface area (Å²) >= 11 is 7.49. The Morgan fingerprint density at radius 1 is 1.13 bits per heavy atom. The van der Waals surface area contributed by atoms with Crippen LogP contribution in [0.4, 0.5) is 5.13 Å². The van der Waals surface area contributed by atoms with E-state index in [0.29, 0.717) is 5.13 Å². The monoisotopic (exact) mass is 477 g/mol. The molecule has 0 fully saturated rings. The van der Waals surface area contributed by atoms with Crippen LogP contribution in [0.15, 0.2) is 46.7 Å². The summed E-state index contributed by atoms with van der Waals surface area (Å²) in [6.07, 6.45) is 0. The summed E-state index contributed by atoms with van der Waals surface area (Å²) in [5.74, 6) is -0.518. The molecule has 0 saturated carbocycles.